The summed E-state index contributed by atoms with van der Waals surface area (Å²) in [6, 6.07) is 9.37. The first kappa shape index (κ1) is 20.0. The highest BCUT2D eigenvalue weighted by molar-refractivity contribution is 5.91. The number of hydrogen-bond donors (Lipinski definition) is 1. The third-order valence-electron chi connectivity index (χ3n) is 5.15. The molecule has 6 nitrogen and oxygen atoms in total. The average molecular weight is 385 g/mol. The lowest BCUT2D eigenvalue weighted by Crippen LogP contribution is -2.43. The van der Waals surface area contributed by atoms with Crippen molar-refractivity contribution < 1.29 is 23.8 Å². The number of carbonyl (C=O) groups excluding carboxylic acids is 1. The smallest absolute Gasteiger partial charge is 0.303 e. The Morgan fingerprint density at radius 2 is 2.04 bits per heavy atom. The number of ether oxygens (including phenoxy) is 1. The molecule has 0 bridgehead atoms. The van der Waals surface area contributed by atoms with Crippen molar-refractivity contribution in [1.29, 1.82) is 0 Å². The minimum absolute atomic E-state index is 0.0441. The highest BCUT2D eigenvalue weighted by Gasteiger charge is 2.29. The number of carboxylic acid groups (broad SMARTS) is 1. The maximum absolute atomic E-state index is 12.9. The summed E-state index contributed by atoms with van der Waals surface area (Å²) in [4.78, 5) is 25.5. The average Bonchev–Trinajstić information content (AvgIpc) is 3.14. The van der Waals surface area contributed by atoms with Crippen LogP contribution in [0.5, 0.6) is 5.75 Å². The largest absolute Gasteiger partial charge is 0.485 e. The quantitative estimate of drug-likeness (QED) is 0.767. The van der Waals surface area contributed by atoms with Crippen LogP contribution in [0.25, 0.3) is 0 Å². The SMILES string of the molecule is Cc1ccc(OCc2ccc(C(=O)N3CCCCC3CCC(=O)O)o2)c(C)c1. The summed E-state index contributed by atoms with van der Waals surface area (Å²) in [6.45, 7) is 4.91. The Labute approximate surface area is 165 Å². The van der Waals surface area contributed by atoms with Crippen LogP contribution in [-0.2, 0) is 11.4 Å². The Morgan fingerprint density at radius 1 is 1.21 bits per heavy atom. The molecule has 1 aromatic heterocycles. The van der Waals surface area contributed by atoms with Gasteiger partial charge in [-0.05, 0) is 63.3 Å². The Morgan fingerprint density at radius 3 is 2.79 bits per heavy atom. The van der Waals surface area contributed by atoms with E-state index in [1.165, 1.54) is 5.56 Å². The van der Waals surface area contributed by atoms with Crippen molar-refractivity contribution in [3.05, 3.63) is 53.0 Å². The number of aliphatic carboxylic acids is 1. The van der Waals surface area contributed by atoms with Crippen molar-refractivity contribution in [1.82, 2.24) is 4.90 Å². The molecule has 0 radical (unpaired) electrons. The van der Waals surface area contributed by atoms with Crippen molar-refractivity contribution in [2.24, 2.45) is 0 Å². The molecule has 1 aromatic carbocycles. The molecule has 1 aliphatic rings. The summed E-state index contributed by atoms with van der Waals surface area (Å²) in [7, 11) is 0. The van der Waals surface area contributed by atoms with E-state index in [1.54, 1.807) is 17.0 Å². The van der Waals surface area contributed by atoms with Crippen molar-refractivity contribution >= 4 is 11.9 Å². The van der Waals surface area contributed by atoms with Crippen LogP contribution in [0.4, 0.5) is 0 Å². The van der Waals surface area contributed by atoms with Crippen molar-refractivity contribution in [2.75, 3.05) is 6.54 Å². The molecule has 0 saturated carbocycles. The van der Waals surface area contributed by atoms with Gasteiger partial charge in [0, 0.05) is 19.0 Å². The maximum atomic E-state index is 12.9. The van der Waals surface area contributed by atoms with Gasteiger partial charge in [-0.1, -0.05) is 17.7 Å². The van der Waals surface area contributed by atoms with E-state index < -0.39 is 5.97 Å². The van der Waals surface area contributed by atoms with Gasteiger partial charge in [0.05, 0.1) is 0 Å². The van der Waals surface area contributed by atoms with Crippen LogP contribution < -0.4 is 4.74 Å². The van der Waals surface area contributed by atoms with Crippen LogP contribution in [-0.4, -0.2) is 34.5 Å². The van der Waals surface area contributed by atoms with E-state index in [2.05, 4.69) is 6.07 Å². The number of hydrogen-bond acceptors (Lipinski definition) is 4. The Balaban J connectivity index is 1.63. The fourth-order valence-corrected chi connectivity index (χ4v) is 3.68. The molecule has 1 saturated heterocycles. The van der Waals surface area contributed by atoms with E-state index in [9.17, 15) is 9.59 Å². The standard InChI is InChI=1S/C22H27NO5/c1-15-6-9-19(16(2)13-15)27-14-18-8-10-20(28-18)22(26)23-12-4-3-5-17(23)7-11-21(24)25/h6,8-10,13,17H,3-5,7,11-12,14H2,1-2H3,(H,24,25). The van der Waals surface area contributed by atoms with Crippen LogP contribution in [0.1, 0.15) is 59.5 Å². The minimum Gasteiger partial charge on any atom is -0.485 e. The van der Waals surface area contributed by atoms with Crippen LogP contribution in [0, 0.1) is 13.8 Å². The monoisotopic (exact) mass is 385 g/mol. The summed E-state index contributed by atoms with van der Waals surface area (Å²) in [5.41, 5.74) is 2.23. The second kappa shape index (κ2) is 8.95. The van der Waals surface area contributed by atoms with Crippen LogP contribution in [0.2, 0.25) is 0 Å². The van der Waals surface area contributed by atoms with Gasteiger partial charge in [0.15, 0.2) is 5.76 Å². The lowest BCUT2D eigenvalue weighted by molar-refractivity contribution is -0.137. The molecule has 1 aliphatic heterocycles. The van der Waals surface area contributed by atoms with Crippen LogP contribution in [0.15, 0.2) is 34.7 Å². The summed E-state index contributed by atoms with van der Waals surface area (Å²) in [5.74, 6) is 0.651. The first-order valence-electron chi connectivity index (χ1n) is 9.75. The third kappa shape index (κ3) is 4.94. The molecule has 2 aromatic rings. The molecular weight excluding hydrogens is 358 g/mol. The van der Waals surface area contributed by atoms with Crippen molar-refractivity contribution in [3.8, 4) is 5.75 Å². The second-order valence-corrected chi connectivity index (χ2v) is 7.40. The molecule has 6 heteroatoms. The van der Waals surface area contributed by atoms with Gasteiger partial charge >= 0.3 is 5.97 Å². The summed E-state index contributed by atoms with van der Waals surface area (Å²) >= 11 is 0. The lowest BCUT2D eigenvalue weighted by Gasteiger charge is -2.35. The number of furan rings is 1. The molecule has 1 unspecified atom stereocenters. The lowest BCUT2D eigenvalue weighted by atomic mass is 9.97. The van der Waals surface area contributed by atoms with Gasteiger partial charge in [0.25, 0.3) is 5.91 Å². The van der Waals surface area contributed by atoms with E-state index in [-0.39, 0.29) is 30.7 Å². The Bertz CT molecular complexity index is 841. The van der Waals surface area contributed by atoms with E-state index in [1.807, 2.05) is 26.0 Å². The molecule has 1 fully saturated rings. The number of likely N-dealkylation sites (tertiary alicyclic amines) is 1. The number of aryl methyl sites for hydroxylation is 2. The minimum atomic E-state index is -0.832. The van der Waals surface area contributed by atoms with E-state index in [0.29, 0.717) is 18.7 Å². The normalized spacial score (nSPS) is 16.8. The van der Waals surface area contributed by atoms with Gasteiger partial charge in [-0.2, -0.15) is 0 Å². The number of nitrogens with zero attached hydrogens (tertiary/aromatic N) is 1. The number of benzene rings is 1. The molecule has 2 heterocycles. The first-order valence-corrected chi connectivity index (χ1v) is 9.75. The molecule has 3 rings (SSSR count). The molecular formula is C22H27NO5. The number of amides is 1. The van der Waals surface area contributed by atoms with E-state index >= 15 is 0 Å². The topological polar surface area (TPSA) is 80.0 Å². The first-order chi connectivity index (χ1) is 13.4. The van der Waals surface area contributed by atoms with Crippen LogP contribution >= 0.6 is 0 Å². The molecule has 28 heavy (non-hydrogen) atoms. The fraction of sp³-hybridized carbons (Fsp3) is 0.455. The summed E-state index contributed by atoms with van der Waals surface area (Å²) < 4.78 is 11.5. The zero-order chi connectivity index (χ0) is 20.1. The third-order valence-corrected chi connectivity index (χ3v) is 5.15. The highest BCUT2D eigenvalue weighted by Crippen LogP contribution is 2.25. The van der Waals surface area contributed by atoms with Crippen LogP contribution in [0.3, 0.4) is 0 Å². The van der Waals surface area contributed by atoms with E-state index in [0.717, 1.165) is 30.6 Å². The Kier molecular flexibility index (Phi) is 6.39. The van der Waals surface area contributed by atoms with Gasteiger partial charge in [-0.15, -0.1) is 0 Å². The predicted octanol–water partition coefficient (Wildman–Crippen LogP) is 4.33. The van der Waals surface area contributed by atoms with Gasteiger partial charge in [-0.3, -0.25) is 9.59 Å². The zero-order valence-electron chi connectivity index (χ0n) is 16.4. The number of rotatable bonds is 7. The number of piperidine rings is 1. The second-order valence-electron chi connectivity index (χ2n) is 7.40. The van der Waals surface area contributed by atoms with E-state index in [4.69, 9.17) is 14.3 Å². The number of carbonyl (C=O) groups is 2. The predicted molar refractivity (Wildman–Crippen MR) is 105 cm³/mol. The van der Waals surface area contributed by atoms with Gasteiger partial charge in [0.1, 0.15) is 18.1 Å². The molecule has 1 atom stereocenters. The Hall–Kier alpha value is -2.76. The van der Waals surface area contributed by atoms with Gasteiger partial charge < -0.3 is 19.2 Å². The maximum Gasteiger partial charge on any atom is 0.303 e. The molecule has 0 aliphatic carbocycles. The summed E-state index contributed by atoms with van der Waals surface area (Å²) in [5, 5.41) is 8.94. The molecule has 150 valence electrons. The van der Waals surface area contributed by atoms with Gasteiger partial charge in [-0.25, -0.2) is 0 Å². The number of carboxylic acids is 1. The molecule has 0 spiro atoms. The fourth-order valence-electron chi connectivity index (χ4n) is 3.68. The molecule has 1 amide bonds. The van der Waals surface area contributed by atoms with Gasteiger partial charge in [0.2, 0.25) is 0 Å². The molecule has 1 N–H and O–H groups in total. The van der Waals surface area contributed by atoms with Crippen molar-refractivity contribution in [3.63, 3.8) is 0 Å². The van der Waals surface area contributed by atoms with Crippen molar-refractivity contribution in [2.45, 2.75) is 58.6 Å². The zero-order valence-corrected chi connectivity index (χ0v) is 16.4. The summed E-state index contributed by atoms with van der Waals surface area (Å²) in [6.07, 6.45) is 3.33. The highest BCUT2D eigenvalue weighted by atomic mass is 16.5.